The highest BCUT2D eigenvalue weighted by atomic mass is 16.5. The van der Waals surface area contributed by atoms with Crippen LogP contribution in [-0.2, 0) is 20.8 Å². The highest BCUT2D eigenvalue weighted by Gasteiger charge is 2.30. The van der Waals surface area contributed by atoms with Gasteiger partial charge in [0.25, 0.3) is 5.91 Å². The van der Waals surface area contributed by atoms with Crippen LogP contribution in [0.1, 0.15) is 12.1 Å². The Balaban J connectivity index is 2.06. The van der Waals surface area contributed by atoms with Crippen molar-refractivity contribution in [2.75, 3.05) is 32.3 Å². The van der Waals surface area contributed by atoms with Gasteiger partial charge in [0.05, 0.1) is 18.6 Å². The van der Waals surface area contributed by atoms with Crippen LogP contribution in [0.4, 0.5) is 10.6 Å². The molecular weight excluding hydrogens is 304 g/mol. The lowest BCUT2D eigenvalue weighted by atomic mass is 10.2. The summed E-state index contributed by atoms with van der Waals surface area (Å²) in [5, 5.41) is 15.4. The van der Waals surface area contributed by atoms with Gasteiger partial charge in [0, 0.05) is 32.8 Å². The summed E-state index contributed by atoms with van der Waals surface area (Å²) in [5.74, 6) is 0.305. The molecule has 1 aliphatic rings. The van der Waals surface area contributed by atoms with Gasteiger partial charge in [-0.3, -0.25) is 9.69 Å². The number of carbonyl (C=O) groups is 2. The van der Waals surface area contributed by atoms with Crippen molar-refractivity contribution >= 4 is 23.9 Å². The van der Waals surface area contributed by atoms with Gasteiger partial charge in [0.1, 0.15) is 18.5 Å². The maximum atomic E-state index is 12.3. The minimum Gasteiger partial charge on any atom is -0.499 e. The Labute approximate surface area is 133 Å². The molecule has 9 heteroatoms. The van der Waals surface area contributed by atoms with Gasteiger partial charge in [0.15, 0.2) is 0 Å². The Kier molecular flexibility index (Phi) is 5.58. The summed E-state index contributed by atoms with van der Waals surface area (Å²) in [6.07, 6.45) is 2.35. The summed E-state index contributed by atoms with van der Waals surface area (Å²) in [5.41, 5.74) is 0.654. The van der Waals surface area contributed by atoms with Crippen molar-refractivity contribution in [2.24, 2.45) is 0 Å². The number of fused-ring (bicyclic) bond motifs is 1. The highest BCUT2D eigenvalue weighted by Crippen LogP contribution is 2.21. The molecule has 1 atom stereocenters. The van der Waals surface area contributed by atoms with Gasteiger partial charge in [0.2, 0.25) is 0 Å². The van der Waals surface area contributed by atoms with Crippen molar-refractivity contribution in [3.63, 3.8) is 0 Å². The second-order valence-corrected chi connectivity index (χ2v) is 5.00. The van der Waals surface area contributed by atoms with Crippen molar-refractivity contribution in [1.82, 2.24) is 15.1 Å². The standard InChI is InChI=1S/C14H20N4O5/c1-17-12-9-10(4-6-23-8-7-22-2)16-18(12)5-3-11(13(17)19)15-14(20)21/h4,6,9,11,15H,3,5,7-8H2,1-2H3,(H,20,21). The van der Waals surface area contributed by atoms with Gasteiger partial charge >= 0.3 is 6.09 Å². The topological polar surface area (TPSA) is 106 Å². The molecule has 126 valence electrons. The number of anilines is 1. The number of aryl methyl sites for hydroxylation is 1. The minimum absolute atomic E-state index is 0.307. The van der Waals surface area contributed by atoms with Crippen molar-refractivity contribution in [3.05, 3.63) is 18.0 Å². The Morgan fingerprint density at radius 2 is 2.35 bits per heavy atom. The Morgan fingerprint density at radius 1 is 1.57 bits per heavy atom. The maximum absolute atomic E-state index is 12.3. The zero-order valence-electron chi connectivity index (χ0n) is 13.1. The SMILES string of the molecule is COCCOC=Cc1cc2n(n1)CCC(NC(=O)O)C(=O)N2C. The van der Waals surface area contributed by atoms with Crippen molar-refractivity contribution in [2.45, 2.75) is 19.0 Å². The van der Waals surface area contributed by atoms with E-state index in [1.807, 2.05) is 0 Å². The molecule has 2 rings (SSSR count). The van der Waals surface area contributed by atoms with E-state index in [-0.39, 0.29) is 5.91 Å². The summed E-state index contributed by atoms with van der Waals surface area (Å²) in [6, 6.07) is 0.979. The van der Waals surface area contributed by atoms with Crippen LogP contribution < -0.4 is 10.2 Å². The van der Waals surface area contributed by atoms with E-state index < -0.39 is 12.1 Å². The molecule has 1 aliphatic heterocycles. The molecular formula is C14H20N4O5. The van der Waals surface area contributed by atoms with E-state index >= 15 is 0 Å². The summed E-state index contributed by atoms with van der Waals surface area (Å²) >= 11 is 0. The highest BCUT2D eigenvalue weighted by molar-refractivity contribution is 5.98. The molecule has 23 heavy (non-hydrogen) atoms. The number of rotatable bonds is 6. The zero-order chi connectivity index (χ0) is 16.8. The van der Waals surface area contributed by atoms with Crippen LogP contribution in [0.5, 0.6) is 0 Å². The first kappa shape index (κ1) is 16.8. The zero-order valence-corrected chi connectivity index (χ0v) is 13.1. The number of carboxylic acid groups (broad SMARTS) is 1. The third-order valence-corrected chi connectivity index (χ3v) is 3.42. The Morgan fingerprint density at radius 3 is 3.04 bits per heavy atom. The Bertz CT molecular complexity index is 598. The predicted molar refractivity (Wildman–Crippen MR) is 82.1 cm³/mol. The quantitative estimate of drug-likeness (QED) is 0.584. The number of nitrogens with one attached hydrogen (secondary N) is 1. The number of methoxy groups -OCH3 is 1. The molecule has 0 aliphatic carbocycles. The second-order valence-electron chi connectivity index (χ2n) is 5.00. The molecule has 2 N–H and O–H groups in total. The summed E-state index contributed by atoms with van der Waals surface area (Å²) < 4.78 is 11.8. The third-order valence-electron chi connectivity index (χ3n) is 3.42. The molecule has 0 spiro atoms. The first-order valence-corrected chi connectivity index (χ1v) is 7.15. The van der Waals surface area contributed by atoms with Crippen LogP contribution in [0.15, 0.2) is 12.3 Å². The molecule has 0 aromatic carbocycles. The van der Waals surface area contributed by atoms with Crippen LogP contribution in [0.25, 0.3) is 6.08 Å². The molecule has 1 aromatic rings. The number of carbonyl (C=O) groups excluding carboxylic acids is 1. The molecule has 2 amide bonds. The fourth-order valence-electron chi connectivity index (χ4n) is 2.26. The summed E-state index contributed by atoms with van der Waals surface area (Å²) in [6.45, 7) is 1.38. The second kappa shape index (κ2) is 7.63. The number of aromatic nitrogens is 2. The lowest BCUT2D eigenvalue weighted by Crippen LogP contribution is -2.46. The maximum Gasteiger partial charge on any atom is 0.405 e. The number of amides is 2. The van der Waals surface area contributed by atoms with Crippen LogP contribution in [-0.4, -0.2) is 60.3 Å². The molecule has 0 saturated heterocycles. The van der Waals surface area contributed by atoms with Crippen molar-refractivity contribution in [1.29, 1.82) is 0 Å². The van der Waals surface area contributed by atoms with Gasteiger partial charge in [-0.25, -0.2) is 9.48 Å². The lowest BCUT2D eigenvalue weighted by molar-refractivity contribution is -0.120. The van der Waals surface area contributed by atoms with E-state index in [0.717, 1.165) is 0 Å². The van der Waals surface area contributed by atoms with E-state index in [0.29, 0.717) is 37.7 Å². The van der Waals surface area contributed by atoms with Crippen molar-refractivity contribution < 1.29 is 24.2 Å². The molecule has 0 fully saturated rings. The number of hydrogen-bond donors (Lipinski definition) is 2. The van der Waals surface area contributed by atoms with Crippen molar-refractivity contribution in [3.8, 4) is 0 Å². The van der Waals surface area contributed by atoms with E-state index in [9.17, 15) is 9.59 Å². The van der Waals surface area contributed by atoms with Gasteiger partial charge in [-0.05, 0) is 6.42 Å². The fourth-order valence-corrected chi connectivity index (χ4v) is 2.26. The van der Waals surface area contributed by atoms with Crippen LogP contribution in [0, 0.1) is 0 Å². The van der Waals surface area contributed by atoms with Gasteiger partial charge in [-0.2, -0.15) is 5.10 Å². The summed E-state index contributed by atoms with van der Waals surface area (Å²) in [7, 11) is 3.19. The van der Waals surface area contributed by atoms with Crippen LogP contribution >= 0.6 is 0 Å². The van der Waals surface area contributed by atoms with E-state index in [2.05, 4.69) is 10.4 Å². The third kappa shape index (κ3) is 4.22. The largest absolute Gasteiger partial charge is 0.499 e. The monoisotopic (exact) mass is 324 g/mol. The first-order valence-electron chi connectivity index (χ1n) is 7.15. The minimum atomic E-state index is -1.21. The lowest BCUT2D eigenvalue weighted by Gasteiger charge is -2.19. The van der Waals surface area contributed by atoms with Gasteiger partial charge in [-0.15, -0.1) is 0 Å². The van der Waals surface area contributed by atoms with Gasteiger partial charge < -0.3 is 19.9 Å². The number of likely N-dealkylation sites (N-methyl/N-ethyl adjacent to an activating group) is 1. The smallest absolute Gasteiger partial charge is 0.405 e. The van der Waals surface area contributed by atoms with Crippen LogP contribution in [0.3, 0.4) is 0 Å². The molecule has 0 bridgehead atoms. The van der Waals surface area contributed by atoms with Gasteiger partial charge in [-0.1, -0.05) is 0 Å². The van der Waals surface area contributed by atoms with E-state index in [1.54, 1.807) is 31.0 Å². The number of ether oxygens (including phenoxy) is 2. The predicted octanol–water partition coefficient (Wildman–Crippen LogP) is 0.519. The Hall–Kier alpha value is -2.55. The number of nitrogens with zero attached hydrogens (tertiary/aromatic N) is 3. The molecule has 0 radical (unpaired) electrons. The van der Waals surface area contributed by atoms with Crippen LogP contribution in [0.2, 0.25) is 0 Å². The normalized spacial score (nSPS) is 17.9. The average Bonchev–Trinajstić information content (AvgIpc) is 2.88. The molecule has 0 saturated carbocycles. The molecule has 9 nitrogen and oxygen atoms in total. The molecule has 1 aromatic heterocycles. The molecule has 1 unspecified atom stereocenters. The number of hydrogen-bond acceptors (Lipinski definition) is 5. The average molecular weight is 324 g/mol. The van der Waals surface area contributed by atoms with E-state index in [1.165, 1.54) is 11.2 Å². The van der Waals surface area contributed by atoms with E-state index in [4.69, 9.17) is 14.6 Å². The molecule has 2 heterocycles. The fraction of sp³-hybridized carbons (Fsp3) is 0.500. The summed E-state index contributed by atoms with van der Waals surface area (Å²) in [4.78, 5) is 24.4. The first-order chi connectivity index (χ1) is 11.0.